The van der Waals surface area contributed by atoms with Crippen LogP contribution in [0.2, 0.25) is 0 Å². The molecule has 0 aliphatic carbocycles. The predicted octanol–water partition coefficient (Wildman–Crippen LogP) is 2.76. The number of aromatic nitrogens is 2. The van der Waals surface area contributed by atoms with Crippen molar-refractivity contribution in [3.05, 3.63) is 23.8 Å². The molecule has 0 bridgehead atoms. The Kier molecular flexibility index (Phi) is 4.67. The maximum absolute atomic E-state index is 12.7. The highest BCUT2D eigenvalue weighted by Crippen LogP contribution is 2.33. The molecule has 1 aliphatic rings. The van der Waals surface area contributed by atoms with Crippen LogP contribution in [0, 0.1) is 0 Å². The third kappa shape index (κ3) is 3.93. The third-order valence-corrected chi connectivity index (χ3v) is 4.48. The Morgan fingerprint density at radius 3 is 2.80 bits per heavy atom. The number of carbonyl (C=O) groups is 1. The van der Waals surface area contributed by atoms with Gasteiger partial charge in [0.25, 0.3) is 5.19 Å². The van der Waals surface area contributed by atoms with E-state index < -0.39 is 5.60 Å². The molecule has 2 amide bonds. The molecule has 0 saturated heterocycles. The highest BCUT2D eigenvalue weighted by molar-refractivity contribution is 7.17. The molecule has 1 aromatic heterocycles. The van der Waals surface area contributed by atoms with E-state index in [1.807, 2.05) is 32.0 Å². The van der Waals surface area contributed by atoms with E-state index >= 15 is 0 Å². The number of rotatable bonds is 3. The Labute approximate surface area is 149 Å². The van der Waals surface area contributed by atoms with E-state index in [9.17, 15) is 4.79 Å². The van der Waals surface area contributed by atoms with Gasteiger partial charge >= 0.3 is 6.03 Å². The number of amides is 2. The van der Waals surface area contributed by atoms with Gasteiger partial charge in [0.2, 0.25) is 5.13 Å². The number of hydrogen-bond acceptors (Lipinski definition) is 7. The summed E-state index contributed by atoms with van der Waals surface area (Å²) in [6, 6.07) is 5.34. The first-order chi connectivity index (χ1) is 11.9. The van der Waals surface area contributed by atoms with Gasteiger partial charge in [0.1, 0.15) is 17.1 Å². The van der Waals surface area contributed by atoms with Crippen molar-refractivity contribution < 1.29 is 19.0 Å². The summed E-state index contributed by atoms with van der Waals surface area (Å²) < 4.78 is 16.3. The predicted molar refractivity (Wildman–Crippen MR) is 93.6 cm³/mol. The molecule has 0 unspecified atom stereocenters. The molecular weight excluding hydrogens is 344 g/mol. The molecule has 0 spiro atoms. The second kappa shape index (κ2) is 6.75. The molecule has 0 radical (unpaired) electrons. The van der Waals surface area contributed by atoms with Crippen molar-refractivity contribution in [3.63, 3.8) is 0 Å². The van der Waals surface area contributed by atoms with Crippen molar-refractivity contribution in [1.82, 2.24) is 15.1 Å². The van der Waals surface area contributed by atoms with Gasteiger partial charge in [-0.15, -0.1) is 5.10 Å². The minimum Gasteiger partial charge on any atom is -0.497 e. The van der Waals surface area contributed by atoms with Gasteiger partial charge in [-0.05, 0) is 37.3 Å². The molecule has 8 nitrogen and oxygen atoms in total. The minimum atomic E-state index is -0.548. The Morgan fingerprint density at radius 1 is 1.32 bits per heavy atom. The largest absolute Gasteiger partial charge is 0.497 e. The third-order valence-electron chi connectivity index (χ3n) is 3.68. The van der Waals surface area contributed by atoms with Crippen LogP contribution in [0.3, 0.4) is 0 Å². The van der Waals surface area contributed by atoms with Crippen LogP contribution >= 0.6 is 11.3 Å². The van der Waals surface area contributed by atoms with Crippen LogP contribution in [0.4, 0.5) is 9.93 Å². The summed E-state index contributed by atoms with van der Waals surface area (Å²) >= 11 is 1.17. The lowest BCUT2D eigenvalue weighted by atomic mass is 10.1. The van der Waals surface area contributed by atoms with Crippen molar-refractivity contribution in [2.45, 2.75) is 26.0 Å². The molecule has 9 heteroatoms. The number of urea groups is 1. The summed E-state index contributed by atoms with van der Waals surface area (Å²) in [5, 5.41) is 11.2. The van der Waals surface area contributed by atoms with E-state index in [1.165, 1.54) is 18.4 Å². The molecule has 1 N–H and O–H groups in total. The van der Waals surface area contributed by atoms with Crippen molar-refractivity contribution >= 4 is 22.5 Å². The minimum absolute atomic E-state index is 0.265. The number of methoxy groups -OCH3 is 2. The van der Waals surface area contributed by atoms with Crippen LogP contribution in [0.5, 0.6) is 16.7 Å². The van der Waals surface area contributed by atoms with E-state index in [1.54, 1.807) is 12.0 Å². The van der Waals surface area contributed by atoms with Gasteiger partial charge in [-0.2, -0.15) is 0 Å². The molecule has 0 saturated carbocycles. The van der Waals surface area contributed by atoms with Crippen LogP contribution < -0.4 is 19.5 Å². The molecule has 3 rings (SSSR count). The topological polar surface area (TPSA) is 85.8 Å². The second-order valence-corrected chi connectivity index (χ2v) is 7.14. The average molecular weight is 364 g/mol. The average Bonchev–Trinajstić information content (AvgIpc) is 2.96. The first-order valence-corrected chi connectivity index (χ1v) is 8.51. The summed E-state index contributed by atoms with van der Waals surface area (Å²) in [5.41, 5.74) is 0.365. The zero-order valence-corrected chi connectivity index (χ0v) is 15.3. The van der Waals surface area contributed by atoms with E-state index in [4.69, 9.17) is 14.2 Å². The van der Waals surface area contributed by atoms with Gasteiger partial charge in [-0.3, -0.25) is 5.32 Å². The zero-order valence-electron chi connectivity index (χ0n) is 14.5. The summed E-state index contributed by atoms with van der Waals surface area (Å²) in [6.07, 6.45) is 0. The van der Waals surface area contributed by atoms with Gasteiger partial charge in [-0.1, -0.05) is 5.10 Å². The van der Waals surface area contributed by atoms with Crippen LogP contribution in [0.1, 0.15) is 19.4 Å². The fourth-order valence-electron chi connectivity index (χ4n) is 2.60. The molecule has 0 fully saturated rings. The molecular formula is C16H20N4O4S. The standard InChI is InChI=1S/C16H20N4O4S/c1-16(2)9-20(14(21)17-13-18-19-15(23-4)25-13)8-10-5-6-11(22-3)7-12(10)24-16/h5-7H,8-9H2,1-4H3,(H,17,18,21). The van der Waals surface area contributed by atoms with Crippen LogP contribution in [0.25, 0.3) is 0 Å². The van der Waals surface area contributed by atoms with Crippen LogP contribution in [0.15, 0.2) is 18.2 Å². The Morgan fingerprint density at radius 2 is 2.12 bits per heavy atom. The lowest BCUT2D eigenvalue weighted by Crippen LogP contribution is -2.44. The molecule has 0 atom stereocenters. The number of benzene rings is 1. The highest BCUT2D eigenvalue weighted by atomic mass is 32.1. The molecule has 1 aromatic carbocycles. The normalized spacial score (nSPS) is 15.6. The Bertz CT molecular complexity index is 777. The number of hydrogen-bond donors (Lipinski definition) is 1. The SMILES string of the molecule is COc1ccc2c(c1)OC(C)(C)CN(C(=O)Nc1nnc(OC)s1)C2. The number of carbonyl (C=O) groups excluding carboxylic acids is 1. The summed E-state index contributed by atoms with van der Waals surface area (Å²) in [6.45, 7) is 4.72. The van der Waals surface area contributed by atoms with Crippen molar-refractivity contribution in [1.29, 1.82) is 0 Å². The highest BCUT2D eigenvalue weighted by Gasteiger charge is 2.32. The maximum Gasteiger partial charge on any atom is 0.324 e. The Hall–Kier alpha value is -2.55. The molecule has 2 heterocycles. The number of fused-ring (bicyclic) bond motifs is 1. The number of nitrogens with one attached hydrogen (secondary N) is 1. The Balaban J connectivity index is 1.81. The molecule has 25 heavy (non-hydrogen) atoms. The molecule has 1 aliphatic heterocycles. The number of nitrogens with zero attached hydrogens (tertiary/aromatic N) is 3. The first-order valence-electron chi connectivity index (χ1n) is 7.69. The van der Waals surface area contributed by atoms with Gasteiger partial charge in [-0.25, -0.2) is 4.79 Å². The van der Waals surface area contributed by atoms with Crippen molar-refractivity contribution in [3.8, 4) is 16.7 Å². The van der Waals surface area contributed by atoms with E-state index in [0.29, 0.717) is 29.2 Å². The second-order valence-electron chi connectivity index (χ2n) is 6.20. The maximum atomic E-state index is 12.7. The van der Waals surface area contributed by atoms with Crippen molar-refractivity contribution in [2.24, 2.45) is 0 Å². The van der Waals surface area contributed by atoms with Crippen molar-refractivity contribution in [2.75, 3.05) is 26.1 Å². The fourth-order valence-corrected chi connectivity index (χ4v) is 3.15. The quantitative estimate of drug-likeness (QED) is 0.901. The summed E-state index contributed by atoms with van der Waals surface area (Å²) in [5.74, 6) is 1.44. The monoisotopic (exact) mass is 364 g/mol. The smallest absolute Gasteiger partial charge is 0.324 e. The first kappa shape index (κ1) is 17.3. The number of anilines is 1. The van der Waals surface area contributed by atoms with E-state index in [-0.39, 0.29) is 6.03 Å². The molecule has 134 valence electrons. The van der Waals surface area contributed by atoms with E-state index in [0.717, 1.165) is 11.3 Å². The zero-order chi connectivity index (χ0) is 18.0. The summed E-state index contributed by atoms with van der Waals surface area (Å²) in [7, 11) is 3.12. The van der Waals surface area contributed by atoms with Gasteiger partial charge in [0.15, 0.2) is 0 Å². The molecule has 2 aromatic rings. The van der Waals surface area contributed by atoms with Crippen LogP contribution in [-0.4, -0.2) is 47.5 Å². The van der Waals surface area contributed by atoms with E-state index in [2.05, 4.69) is 15.5 Å². The fraction of sp³-hybridized carbons (Fsp3) is 0.438. The lowest BCUT2D eigenvalue weighted by Gasteiger charge is -2.29. The van der Waals surface area contributed by atoms with Gasteiger partial charge < -0.3 is 19.1 Å². The number of ether oxygens (including phenoxy) is 3. The van der Waals surface area contributed by atoms with Gasteiger partial charge in [0.05, 0.1) is 27.3 Å². The lowest BCUT2D eigenvalue weighted by molar-refractivity contribution is 0.0833. The van der Waals surface area contributed by atoms with Crippen LogP contribution in [-0.2, 0) is 6.54 Å². The van der Waals surface area contributed by atoms with Gasteiger partial charge in [0, 0.05) is 11.6 Å². The summed E-state index contributed by atoms with van der Waals surface area (Å²) in [4.78, 5) is 14.4.